The van der Waals surface area contributed by atoms with E-state index in [9.17, 15) is 4.79 Å². The number of carbonyl (C=O) groups is 1. The second-order valence-corrected chi connectivity index (χ2v) is 4.46. The van der Waals surface area contributed by atoms with Gasteiger partial charge in [-0.2, -0.15) is 0 Å². The molecule has 2 aromatic rings. The fraction of sp³-hybridized carbons (Fsp3) is 0.0714. The molecule has 0 amide bonds. The summed E-state index contributed by atoms with van der Waals surface area (Å²) in [6.07, 6.45) is 0. The van der Waals surface area contributed by atoms with Gasteiger partial charge in [0.1, 0.15) is 0 Å². The molecule has 4 N–H and O–H groups in total. The third-order valence-corrected chi connectivity index (χ3v) is 3.07. The normalized spacial score (nSPS) is 10.2. The highest BCUT2D eigenvalue weighted by atomic mass is 35.5. The van der Waals surface area contributed by atoms with E-state index < -0.39 is 5.97 Å². The van der Waals surface area contributed by atoms with Gasteiger partial charge in [0.05, 0.1) is 5.56 Å². The third kappa shape index (κ3) is 3.17. The van der Waals surface area contributed by atoms with Gasteiger partial charge in [-0.15, -0.1) is 0 Å². The lowest BCUT2D eigenvalue weighted by molar-refractivity contribution is 0.0698. The van der Waals surface area contributed by atoms with Crippen molar-refractivity contribution >= 4 is 28.9 Å². The van der Waals surface area contributed by atoms with Crippen LogP contribution in [0.25, 0.3) is 0 Å². The second-order valence-electron chi connectivity index (χ2n) is 4.06. The topological polar surface area (TPSA) is 75.3 Å². The Labute approximate surface area is 115 Å². The zero-order valence-corrected chi connectivity index (χ0v) is 10.8. The number of rotatable bonds is 4. The Morgan fingerprint density at radius 1 is 1.26 bits per heavy atom. The van der Waals surface area contributed by atoms with Crippen LogP contribution in [0.4, 0.5) is 11.4 Å². The summed E-state index contributed by atoms with van der Waals surface area (Å²) in [5, 5.41) is 12.8. The zero-order valence-electron chi connectivity index (χ0n) is 10.1. The highest BCUT2D eigenvalue weighted by Gasteiger charge is 2.10. The van der Waals surface area contributed by atoms with Crippen LogP contribution in [-0.4, -0.2) is 11.1 Å². The van der Waals surface area contributed by atoms with Crippen molar-refractivity contribution < 1.29 is 9.90 Å². The summed E-state index contributed by atoms with van der Waals surface area (Å²) >= 11 is 6.04. The number of aromatic carboxylic acids is 1. The first-order valence-corrected chi connectivity index (χ1v) is 6.06. The van der Waals surface area contributed by atoms with Gasteiger partial charge in [-0.25, -0.2) is 4.79 Å². The quantitative estimate of drug-likeness (QED) is 0.750. The highest BCUT2D eigenvalue weighted by molar-refractivity contribution is 6.31. The summed E-state index contributed by atoms with van der Waals surface area (Å²) in [6, 6.07) is 12.1. The van der Waals surface area contributed by atoms with E-state index >= 15 is 0 Å². The van der Waals surface area contributed by atoms with Gasteiger partial charge < -0.3 is 16.2 Å². The maximum Gasteiger partial charge on any atom is 0.337 e. The Bertz CT molecular complexity index is 614. The molecule has 0 bridgehead atoms. The predicted octanol–water partition coefficient (Wildman–Crippen LogP) is 3.23. The molecule has 4 nitrogen and oxygen atoms in total. The van der Waals surface area contributed by atoms with Gasteiger partial charge >= 0.3 is 5.97 Å². The fourth-order valence-corrected chi connectivity index (χ4v) is 1.93. The van der Waals surface area contributed by atoms with Gasteiger partial charge in [-0.1, -0.05) is 29.8 Å². The van der Waals surface area contributed by atoms with Crippen LogP contribution in [0.15, 0.2) is 42.5 Å². The van der Waals surface area contributed by atoms with Gasteiger partial charge in [-0.3, -0.25) is 0 Å². The molecule has 0 unspecified atom stereocenters. The van der Waals surface area contributed by atoms with Gasteiger partial charge in [0, 0.05) is 22.9 Å². The van der Waals surface area contributed by atoms with Crippen LogP contribution in [0, 0.1) is 0 Å². The molecule has 0 radical (unpaired) electrons. The van der Waals surface area contributed by atoms with Crippen LogP contribution >= 0.6 is 11.6 Å². The number of hydrogen-bond donors (Lipinski definition) is 3. The van der Waals surface area contributed by atoms with E-state index in [-0.39, 0.29) is 5.56 Å². The molecule has 19 heavy (non-hydrogen) atoms. The van der Waals surface area contributed by atoms with Gasteiger partial charge in [-0.05, 0) is 29.8 Å². The molecule has 0 spiro atoms. The van der Waals surface area contributed by atoms with E-state index in [1.54, 1.807) is 18.2 Å². The summed E-state index contributed by atoms with van der Waals surface area (Å²) in [4.78, 5) is 11.1. The summed E-state index contributed by atoms with van der Waals surface area (Å²) < 4.78 is 0. The van der Waals surface area contributed by atoms with Crippen molar-refractivity contribution in [2.75, 3.05) is 11.1 Å². The van der Waals surface area contributed by atoms with Crippen LogP contribution < -0.4 is 11.1 Å². The number of halogens is 1. The van der Waals surface area contributed by atoms with Crippen molar-refractivity contribution in [2.45, 2.75) is 6.54 Å². The summed E-state index contributed by atoms with van der Waals surface area (Å²) in [6.45, 7) is 0.448. The zero-order chi connectivity index (χ0) is 13.8. The number of anilines is 2. The number of nitrogens with one attached hydrogen (secondary N) is 1. The van der Waals surface area contributed by atoms with E-state index in [1.807, 2.05) is 18.2 Å². The molecular weight excluding hydrogens is 264 g/mol. The standard InChI is InChI=1S/C14H13ClN2O2/c15-12-4-2-1-3-9(12)8-17-13-6-5-10(16)7-11(13)14(18)19/h1-7,17H,8,16H2,(H,18,19). The number of nitrogens with two attached hydrogens (primary N) is 1. The maximum atomic E-state index is 11.1. The highest BCUT2D eigenvalue weighted by Crippen LogP contribution is 2.21. The molecule has 0 saturated carbocycles. The molecule has 0 heterocycles. The number of carboxylic acids is 1. The van der Waals surface area contributed by atoms with E-state index in [2.05, 4.69) is 5.32 Å². The van der Waals surface area contributed by atoms with Crippen molar-refractivity contribution in [3.05, 3.63) is 58.6 Å². The van der Waals surface area contributed by atoms with Crippen LogP contribution in [0.1, 0.15) is 15.9 Å². The van der Waals surface area contributed by atoms with Crippen molar-refractivity contribution in [3.63, 3.8) is 0 Å². The molecule has 0 atom stereocenters. The van der Waals surface area contributed by atoms with Crippen LogP contribution in [0.2, 0.25) is 5.02 Å². The van der Waals surface area contributed by atoms with Crippen LogP contribution in [0.3, 0.4) is 0 Å². The fourth-order valence-electron chi connectivity index (χ4n) is 1.73. The van der Waals surface area contributed by atoms with Gasteiger partial charge in [0.15, 0.2) is 0 Å². The Morgan fingerprint density at radius 2 is 2.00 bits per heavy atom. The Hall–Kier alpha value is -2.20. The molecule has 0 aliphatic rings. The first-order valence-electron chi connectivity index (χ1n) is 5.68. The third-order valence-electron chi connectivity index (χ3n) is 2.70. The molecule has 0 aliphatic carbocycles. The first-order chi connectivity index (χ1) is 9.08. The Balaban J connectivity index is 2.20. The molecular formula is C14H13ClN2O2. The van der Waals surface area contributed by atoms with E-state index in [4.69, 9.17) is 22.4 Å². The van der Waals surface area contributed by atoms with E-state index in [0.717, 1.165) is 5.56 Å². The number of carboxylic acid groups (broad SMARTS) is 1. The molecule has 0 saturated heterocycles. The van der Waals surface area contributed by atoms with Crippen molar-refractivity contribution in [1.82, 2.24) is 0 Å². The number of benzene rings is 2. The van der Waals surface area contributed by atoms with Crippen molar-refractivity contribution in [1.29, 1.82) is 0 Å². The summed E-state index contributed by atoms with van der Waals surface area (Å²) in [5.41, 5.74) is 7.56. The minimum absolute atomic E-state index is 0.145. The summed E-state index contributed by atoms with van der Waals surface area (Å²) in [7, 11) is 0. The molecule has 0 aliphatic heterocycles. The van der Waals surface area contributed by atoms with Gasteiger partial charge in [0.2, 0.25) is 0 Å². The molecule has 98 valence electrons. The smallest absolute Gasteiger partial charge is 0.337 e. The minimum Gasteiger partial charge on any atom is -0.478 e. The monoisotopic (exact) mass is 276 g/mol. The summed E-state index contributed by atoms with van der Waals surface area (Å²) in [5.74, 6) is -1.02. The van der Waals surface area contributed by atoms with Crippen LogP contribution in [-0.2, 0) is 6.54 Å². The average Bonchev–Trinajstić information content (AvgIpc) is 2.38. The largest absolute Gasteiger partial charge is 0.478 e. The molecule has 0 fully saturated rings. The molecule has 5 heteroatoms. The lowest BCUT2D eigenvalue weighted by Crippen LogP contribution is -2.07. The molecule has 0 aromatic heterocycles. The SMILES string of the molecule is Nc1ccc(NCc2ccccc2Cl)c(C(=O)O)c1. The second kappa shape index (κ2) is 5.63. The van der Waals surface area contributed by atoms with Gasteiger partial charge in [0.25, 0.3) is 0 Å². The van der Waals surface area contributed by atoms with Crippen LogP contribution in [0.5, 0.6) is 0 Å². The van der Waals surface area contributed by atoms with Crippen molar-refractivity contribution in [3.8, 4) is 0 Å². The minimum atomic E-state index is -1.02. The lowest BCUT2D eigenvalue weighted by atomic mass is 10.1. The number of hydrogen-bond acceptors (Lipinski definition) is 3. The van der Waals surface area contributed by atoms with E-state index in [0.29, 0.717) is 22.9 Å². The maximum absolute atomic E-state index is 11.1. The Kier molecular flexibility index (Phi) is 3.92. The lowest BCUT2D eigenvalue weighted by Gasteiger charge is -2.11. The Morgan fingerprint density at radius 3 is 2.68 bits per heavy atom. The average molecular weight is 277 g/mol. The number of nitrogen functional groups attached to an aromatic ring is 1. The first kappa shape index (κ1) is 13.2. The van der Waals surface area contributed by atoms with Crippen molar-refractivity contribution in [2.24, 2.45) is 0 Å². The molecule has 2 rings (SSSR count). The molecule has 2 aromatic carbocycles. The van der Waals surface area contributed by atoms with E-state index in [1.165, 1.54) is 6.07 Å². The predicted molar refractivity (Wildman–Crippen MR) is 76.6 cm³/mol.